The molecule has 0 bridgehead atoms. The second kappa shape index (κ2) is 7.92. The van der Waals surface area contributed by atoms with Gasteiger partial charge in [0, 0.05) is 12.0 Å². The average molecular weight is 373 g/mol. The van der Waals surface area contributed by atoms with E-state index in [1.807, 2.05) is 0 Å². The van der Waals surface area contributed by atoms with Crippen LogP contribution in [0.15, 0.2) is 35.7 Å². The number of hydrogen-bond donors (Lipinski definition) is 1. The van der Waals surface area contributed by atoms with Crippen LogP contribution in [0, 0.1) is 0 Å². The molecular weight excluding hydrogens is 358 g/mol. The maximum atomic E-state index is 12.1. The third kappa shape index (κ3) is 4.34. The summed E-state index contributed by atoms with van der Waals surface area (Å²) in [5.74, 6) is -0.980. The Morgan fingerprint density at radius 3 is 2.77 bits per heavy atom. The number of benzene rings is 1. The lowest BCUT2D eigenvalue weighted by atomic mass is 10.1. The van der Waals surface area contributed by atoms with Crippen LogP contribution in [0.4, 0.5) is 5.69 Å². The summed E-state index contributed by atoms with van der Waals surface area (Å²) in [4.78, 5) is 47.6. The number of esters is 1. The Morgan fingerprint density at radius 1 is 1.15 bits per heavy atom. The molecule has 0 fully saturated rings. The normalized spacial score (nSPS) is 12.5. The highest BCUT2D eigenvalue weighted by molar-refractivity contribution is 7.12. The summed E-state index contributed by atoms with van der Waals surface area (Å²) in [7, 11) is 0. The van der Waals surface area contributed by atoms with Gasteiger partial charge in [0.15, 0.2) is 24.8 Å². The van der Waals surface area contributed by atoms with Crippen molar-refractivity contribution in [3.8, 4) is 5.75 Å². The predicted octanol–water partition coefficient (Wildman–Crippen LogP) is 2.47. The van der Waals surface area contributed by atoms with Gasteiger partial charge >= 0.3 is 5.97 Å². The molecule has 1 aliphatic heterocycles. The number of carbonyl (C=O) groups is 4. The molecule has 134 valence electrons. The fourth-order valence-corrected chi connectivity index (χ4v) is 3.03. The summed E-state index contributed by atoms with van der Waals surface area (Å²) < 4.78 is 10.1. The van der Waals surface area contributed by atoms with Crippen LogP contribution in [0.3, 0.4) is 0 Å². The van der Waals surface area contributed by atoms with E-state index in [-0.39, 0.29) is 36.7 Å². The van der Waals surface area contributed by atoms with E-state index < -0.39 is 18.4 Å². The third-order valence-corrected chi connectivity index (χ3v) is 4.56. The Bertz CT molecular complexity index is 859. The van der Waals surface area contributed by atoms with Crippen molar-refractivity contribution in [3.63, 3.8) is 0 Å². The van der Waals surface area contributed by atoms with E-state index in [0.717, 1.165) is 0 Å². The van der Waals surface area contributed by atoms with Crippen LogP contribution in [0.1, 0.15) is 32.9 Å². The summed E-state index contributed by atoms with van der Waals surface area (Å²) in [6.45, 7) is -0.498. The number of ether oxygens (including phenoxy) is 2. The van der Waals surface area contributed by atoms with Gasteiger partial charge in [0.05, 0.1) is 17.0 Å². The third-order valence-electron chi connectivity index (χ3n) is 3.65. The number of carbonyl (C=O) groups excluding carboxylic acids is 4. The molecule has 8 heteroatoms. The van der Waals surface area contributed by atoms with Crippen molar-refractivity contribution in [1.82, 2.24) is 0 Å². The number of Topliss-reactive ketones (excluding diaryl/α,β-unsaturated/α-hetero) is 2. The van der Waals surface area contributed by atoms with Gasteiger partial charge in [0.25, 0.3) is 5.91 Å². The first-order valence-electron chi connectivity index (χ1n) is 7.85. The number of anilines is 1. The summed E-state index contributed by atoms with van der Waals surface area (Å²) in [5.41, 5.74) is 0.692. The molecule has 3 rings (SSSR count). The molecule has 0 spiro atoms. The quantitative estimate of drug-likeness (QED) is 0.591. The van der Waals surface area contributed by atoms with Crippen molar-refractivity contribution in [3.05, 3.63) is 46.2 Å². The van der Waals surface area contributed by atoms with Crippen LogP contribution in [0.25, 0.3) is 0 Å². The Kier molecular flexibility index (Phi) is 5.43. The van der Waals surface area contributed by atoms with Crippen LogP contribution in [0.2, 0.25) is 0 Å². The van der Waals surface area contributed by atoms with Gasteiger partial charge in [-0.2, -0.15) is 0 Å². The molecule has 0 radical (unpaired) electrons. The number of hydrogen-bond acceptors (Lipinski definition) is 7. The van der Waals surface area contributed by atoms with Crippen LogP contribution in [0.5, 0.6) is 5.75 Å². The minimum Gasteiger partial charge on any atom is -0.482 e. The summed E-state index contributed by atoms with van der Waals surface area (Å²) in [6.07, 6.45) is -0.0478. The monoisotopic (exact) mass is 373 g/mol. The molecular formula is C18H15NO6S. The predicted molar refractivity (Wildman–Crippen MR) is 93.7 cm³/mol. The first-order valence-corrected chi connectivity index (χ1v) is 8.73. The van der Waals surface area contributed by atoms with Crippen molar-refractivity contribution in [1.29, 1.82) is 0 Å². The van der Waals surface area contributed by atoms with Crippen molar-refractivity contribution in [2.75, 3.05) is 18.5 Å². The van der Waals surface area contributed by atoms with Gasteiger partial charge in [0.2, 0.25) is 0 Å². The molecule has 0 saturated heterocycles. The zero-order valence-corrected chi connectivity index (χ0v) is 14.5. The highest BCUT2D eigenvalue weighted by Gasteiger charge is 2.19. The largest absolute Gasteiger partial charge is 0.482 e. The zero-order valence-electron chi connectivity index (χ0n) is 13.7. The second-order valence-corrected chi connectivity index (χ2v) is 6.48. The van der Waals surface area contributed by atoms with Gasteiger partial charge in [-0.3, -0.25) is 19.2 Å². The van der Waals surface area contributed by atoms with Gasteiger partial charge in [0.1, 0.15) is 5.75 Å². The summed E-state index contributed by atoms with van der Waals surface area (Å²) in [6, 6.07) is 8.04. The first kappa shape index (κ1) is 17.8. The molecule has 7 nitrogen and oxygen atoms in total. The Hall–Kier alpha value is -3.00. The van der Waals surface area contributed by atoms with Gasteiger partial charge in [-0.1, -0.05) is 6.07 Å². The zero-order chi connectivity index (χ0) is 18.5. The number of fused-ring (bicyclic) bond motifs is 1. The smallest absolute Gasteiger partial charge is 0.306 e. The fourth-order valence-electron chi connectivity index (χ4n) is 2.33. The van der Waals surface area contributed by atoms with E-state index in [9.17, 15) is 19.2 Å². The van der Waals surface area contributed by atoms with Gasteiger partial charge < -0.3 is 14.8 Å². The van der Waals surface area contributed by atoms with Crippen molar-refractivity contribution in [2.45, 2.75) is 12.8 Å². The van der Waals surface area contributed by atoms with E-state index in [0.29, 0.717) is 16.3 Å². The molecule has 0 saturated carbocycles. The van der Waals surface area contributed by atoms with Crippen LogP contribution >= 0.6 is 11.3 Å². The topological polar surface area (TPSA) is 98.8 Å². The molecule has 1 aromatic heterocycles. The molecule has 0 atom stereocenters. The van der Waals surface area contributed by atoms with Crippen molar-refractivity contribution < 1.29 is 28.7 Å². The molecule has 1 aliphatic rings. The lowest BCUT2D eigenvalue weighted by Crippen LogP contribution is -2.25. The maximum Gasteiger partial charge on any atom is 0.306 e. The highest BCUT2D eigenvalue weighted by atomic mass is 32.1. The first-order chi connectivity index (χ1) is 12.5. The minimum absolute atomic E-state index is 0.0375. The standard InChI is InChI=1S/C18H15NO6S/c20-13(16-2-1-7-26-16)4-6-18(23)25-9-14(21)11-3-5-15-12(8-11)19-17(22)10-24-15/h1-3,5,7-8H,4,6,9-10H2,(H,19,22). The number of rotatable bonds is 7. The Labute approximate surface area is 152 Å². The van der Waals surface area contributed by atoms with Crippen LogP contribution in [-0.2, 0) is 14.3 Å². The lowest BCUT2D eigenvalue weighted by Gasteiger charge is -2.18. The van der Waals surface area contributed by atoms with E-state index >= 15 is 0 Å². The van der Waals surface area contributed by atoms with E-state index in [1.54, 1.807) is 23.6 Å². The second-order valence-electron chi connectivity index (χ2n) is 5.53. The lowest BCUT2D eigenvalue weighted by molar-refractivity contribution is -0.142. The molecule has 2 aromatic rings. The average Bonchev–Trinajstić information content (AvgIpc) is 3.18. The Morgan fingerprint density at radius 2 is 2.00 bits per heavy atom. The van der Waals surface area contributed by atoms with Gasteiger partial charge in [-0.25, -0.2) is 0 Å². The summed E-state index contributed by atoms with van der Waals surface area (Å²) >= 11 is 1.31. The SMILES string of the molecule is O=C1COc2ccc(C(=O)COC(=O)CCC(=O)c3cccs3)cc2N1. The van der Waals surface area contributed by atoms with E-state index in [4.69, 9.17) is 9.47 Å². The molecule has 0 aliphatic carbocycles. The molecule has 2 heterocycles. The van der Waals surface area contributed by atoms with Crippen molar-refractivity contribution >= 4 is 40.5 Å². The van der Waals surface area contributed by atoms with E-state index in [1.165, 1.54) is 23.5 Å². The highest BCUT2D eigenvalue weighted by Crippen LogP contribution is 2.28. The molecule has 0 unspecified atom stereocenters. The van der Waals surface area contributed by atoms with Gasteiger partial charge in [-0.05, 0) is 29.6 Å². The molecule has 1 N–H and O–H groups in total. The van der Waals surface area contributed by atoms with Crippen molar-refractivity contribution in [2.24, 2.45) is 0 Å². The number of amides is 1. The maximum absolute atomic E-state index is 12.1. The van der Waals surface area contributed by atoms with Crippen LogP contribution < -0.4 is 10.1 Å². The fraction of sp³-hybridized carbons (Fsp3) is 0.222. The molecule has 1 amide bonds. The minimum atomic E-state index is -0.613. The number of thiophene rings is 1. The number of nitrogens with one attached hydrogen (secondary N) is 1. The molecule has 26 heavy (non-hydrogen) atoms. The number of ketones is 2. The molecule has 1 aromatic carbocycles. The Balaban J connectivity index is 1.49. The van der Waals surface area contributed by atoms with Gasteiger partial charge in [-0.15, -0.1) is 11.3 Å². The van der Waals surface area contributed by atoms with Crippen LogP contribution in [-0.4, -0.2) is 36.7 Å². The summed E-state index contributed by atoms with van der Waals surface area (Å²) in [5, 5.41) is 4.39. The van der Waals surface area contributed by atoms with E-state index in [2.05, 4.69) is 5.32 Å².